The molecule has 1 aliphatic carbocycles. The minimum absolute atomic E-state index is 0.00625. The normalized spacial score (nSPS) is 15.5. The van der Waals surface area contributed by atoms with Gasteiger partial charge in [-0.3, -0.25) is 9.52 Å². The predicted molar refractivity (Wildman–Crippen MR) is 127 cm³/mol. The van der Waals surface area contributed by atoms with Crippen LogP contribution in [0.4, 0.5) is 5.69 Å². The molecule has 2 N–H and O–H groups in total. The number of rotatable bonds is 7. The molecule has 0 bridgehead atoms. The third-order valence-electron chi connectivity index (χ3n) is 5.31. The number of hydrogen-bond donors (Lipinski definition) is 2. The van der Waals surface area contributed by atoms with Crippen molar-refractivity contribution in [3.05, 3.63) is 88.4 Å². The Balaban J connectivity index is 1.33. The van der Waals surface area contributed by atoms with Crippen molar-refractivity contribution in [2.45, 2.75) is 30.2 Å². The highest BCUT2D eigenvalue weighted by atomic mass is 79.9. The van der Waals surface area contributed by atoms with Gasteiger partial charge in [0.15, 0.2) is 6.61 Å². The number of anilines is 1. The highest BCUT2D eigenvalue weighted by molar-refractivity contribution is 9.10. The molecule has 4 rings (SSSR count). The maximum Gasteiger partial charge on any atom is 0.261 e. The second-order valence-electron chi connectivity index (χ2n) is 7.58. The fourth-order valence-electron chi connectivity index (χ4n) is 3.74. The van der Waals surface area contributed by atoms with Crippen LogP contribution in [-0.2, 0) is 21.2 Å². The van der Waals surface area contributed by atoms with Crippen molar-refractivity contribution < 1.29 is 17.9 Å². The van der Waals surface area contributed by atoms with Crippen LogP contribution in [-0.4, -0.2) is 20.9 Å². The van der Waals surface area contributed by atoms with Gasteiger partial charge < -0.3 is 10.1 Å². The van der Waals surface area contributed by atoms with Gasteiger partial charge in [-0.15, -0.1) is 0 Å². The summed E-state index contributed by atoms with van der Waals surface area (Å²) in [5, 5.41) is 3.04. The van der Waals surface area contributed by atoms with Crippen LogP contribution >= 0.6 is 15.9 Å². The molecule has 0 spiro atoms. The number of nitrogens with one attached hydrogen (secondary N) is 2. The first-order chi connectivity index (χ1) is 15.4. The van der Waals surface area contributed by atoms with E-state index in [4.69, 9.17) is 4.74 Å². The summed E-state index contributed by atoms with van der Waals surface area (Å²) in [5.74, 6) is 0.215. The second kappa shape index (κ2) is 9.75. The van der Waals surface area contributed by atoms with Crippen LogP contribution in [0.2, 0.25) is 0 Å². The van der Waals surface area contributed by atoms with Crippen molar-refractivity contribution >= 4 is 37.5 Å². The fourth-order valence-corrected chi connectivity index (χ4v) is 5.06. The van der Waals surface area contributed by atoms with E-state index in [1.54, 1.807) is 36.4 Å². The van der Waals surface area contributed by atoms with Crippen molar-refractivity contribution in [3.63, 3.8) is 0 Å². The van der Waals surface area contributed by atoms with E-state index in [1.165, 1.54) is 23.3 Å². The highest BCUT2D eigenvalue weighted by Crippen LogP contribution is 2.29. The molecule has 1 amide bonds. The van der Waals surface area contributed by atoms with Gasteiger partial charge in [-0.2, -0.15) is 0 Å². The van der Waals surface area contributed by atoms with Crippen LogP contribution in [0.1, 0.15) is 30.0 Å². The van der Waals surface area contributed by atoms with E-state index in [2.05, 4.69) is 38.1 Å². The average Bonchev–Trinajstić information content (AvgIpc) is 2.80. The lowest BCUT2D eigenvalue weighted by Crippen LogP contribution is -2.34. The predicted octanol–water partition coefficient (Wildman–Crippen LogP) is 4.82. The molecule has 0 aromatic heterocycles. The number of carbonyl (C=O) groups is 1. The molecule has 0 saturated heterocycles. The molecule has 8 heteroatoms. The Morgan fingerprint density at radius 1 is 1.00 bits per heavy atom. The Bertz CT molecular complexity index is 1200. The van der Waals surface area contributed by atoms with E-state index in [9.17, 15) is 13.2 Å². The smallest absolute Gasteiger partial charge is 0.261 e. The summed E-state index contributed by atoms with van der Waals surface area (Å²) in [6.07, 6.45) is 2.97. The molecular weight excluding hydrogens is 492 g/mol. The van der Waals surface area contributed by atoms with E-state index in [-0.39, 0.29) is 23.5 Å². The van der Waals surface area contributed by atoms with Gasteiger partial charge in [-0.05, 0) is 78.9 Å². The number of sulfonamides is 1. The molecule has 0 saturated carbocycles. The first-order valence-electron chi connectivity index (χ1n) is 10.3. The molecule has 6 nitrogen and oxygen atoms in total. The molecule has 1 atom stereocenters. The van der Waals surface area contributed by atoms with Crippen LogP contribution in [0.3, 0.4) is 0 Å². The monoisotopic (exact) mass is 514 g/mol. The number of amides is 1. The average molecular weight is 515 g/mol. The Labute approximate surface area is 196 Å². The van der Waals surface area contributed by atoms with Crippen LogP contribution < -0.4 is 14.8 Å². The van der Waals surface area contributed by atoms with Crippen molar-refractivity contribution in [2.24, 2.45) is 0 Å². The Kier molecular flexibility index (Phi) is 6.81. The SMILES string of the molecule is O=C(COc1ccc(S(=O)(=O)Nc2ccc(Br)cc2)cc1)NC1CCCc2ccccc21. The van der Waals surface area contributed by atoms with E-state index >= 15 is 0 Å². The van der Waals surface area contributed by atoms with Gasteiger partial charge in [0.2, 0.25) is 0 Å². The zero-order chi connectivity index (χ0) is 22.6. The standard InChI is InChI=1S/C24H23BrN2O4S/c25-18-8-10-19(11-9-18)27-32(29,30)21-14-12-20(13-15-21)31-16-24(28)26-23-7-3-5-17-4-1-2-6-22(17)23/h1-2,4,6,8-15,23,27H,3,5,7,16H2,(H,26,28). The number of benzene rings is 3. The molecule has 0 radical (unpaired) electrons. The van der Waals surface area contributed by atoms with Gasteiger partial charge in [0.25, 0.3) is 15.9 Å². The van der Waals surface area contributed by atoms with E-state index in [1.807, 2.05) is 12.1 Å². The van der Waals surface area contributed by atoms with Crippen molar-refractivity contribution in [1.82, 2.24) is 5.32 Å². The highest BCUT2D eigenvalue weighted by Gasteiger charge is 2.21. The minimum Gasteiger partial charge on any atom is -0.484 e. The van der Waals surface area contributed by atoms with E-state index in [0.29, 0.717) is 11.4 Å². The lowest BCUT2D eigenvalue weighted by atomic mass is 9.88. The zero-order valence-electron chi connectivity index (χ0n) is 17.3. The largest absolute Gasteiger partial charge is 0.484 e. The summed E-state index contributed by atoms with van der Waals surface area (Å²) < 4.78 is 34.1. The van der Waals surface area contributed by atoms with Gasteiger partial charge in [-0.25, -0.2) is 8.42 Å². The second-order valence-corrected chi connectivity index (χ2v) is 10.2. The van der Waals surface area contributed by atoms with E-state index < -0.39 is 10.0 Å². The van der Waals surface area contributed by atoms with Gasteiger partial charge in [-0.1, -0.05) is 40.2 Å². The molecule has 166 valence electrons. The molecule has 1 aliphatic rings. The van der Waals surface area contributed by atoms with Gasteiger partial charge in [0, 0.05) is 10.2 Å². The van der Waals surface area contributed by atoms with Gasteiger partial charge in [0.1, 0.15) is 5.75 Å². The fraction of sp³-hybridized carbons (Fsp3) is 0.208. The third-order valence-corrected chi connectivity index (χ3v) is 7.23. The molecule has 0 fully saturated rings. The molecule has 3 aromatic carbocycles. The van der Waals surface area contributed by atoms with Gasteiger partial charge in [0.05, 0.1) is 10.9 Å². The Morgan fingerprint density at radius 3 is 2.47 bits per heavy atom. The summed E-state index contributed by atoms with van der Waals surface area (Å²) in [4.78, 5) is 12.5. The number of halogens is 1. The quantitative estimate of drug-likeness (QED) is 0.473. The lowest BCUT2D eigenvalue weighted by Gasteiger charge is -2.26. The maximum atomic E-state index is 12.6. The van der Waals surface area contributed by atoms with Crippen LogP contribution in [0, 0.1) is 0 Å². The number of carbonyl (C=O) groups excluding carboxylic acids is 1. The Hall–Kier alpha value is -2.84. The minimum atomic E-state index is -3.72. The van der Waals surface area contributed by atoms with Crippen molar-refractivity contribution in [3.8, 4) is 5.75 Å². The van der Waals surface area contributed by atoms with Gasteiger partial charge >= 0.3 is 0 Å². The van der Waals surface area contributed by atoms with Crippen molar-refractivity contribution in [2.75, 3.05) is 11.3 Å². The van der Waals surface area contributed by atoms with Crippen molar-refractivity contribution in [1.29, 1.82) is 0 Å². The topological polar surface area (TPSA) is 84.5 Å². The number of hydrogen-bond acceptors (Lipinski definition) is 4. The first-order valence-corrected chi connectivity index (χ1v) is 12.6. The molecule has 1 unspecified atom stereocenters. The lowest BCUT2D eigenvalue weighted by molar-refractivity contribution is -0.124. The molecule has 32 heavy (non-hydrogen) atoms. The summed E-state index contributed by atoms with van der Waals surface area (Å²) in [7, 11) is -3.72. The number of aryl methyl sites for hydroxylation is 1. The van der Waals surface area contributed by atoms with E-state index in [0.717, 1.165) is 23.7 Å². The summed E-state index contributed by atoms with van der Waals surface area (Å²) >= 11 is 3.32. The zero-order valence-corrected chi connectivity index (χ0v) is 19.7. The molecule has 0 aliphatic heterocycles. The maximum absolute atomic E-state index is 12.6. The molecule has 3 aromatic rings. The van der Waals surface area contributed by atoms with Crippen LogP contribution in [0.5, 0.6) is 5.75 Å². The third kappa shape index (κ3) is 5.49. The number of fused-ring (bicyclic) bond motifs is 1. The first kappa shape index (κ1) is 22.4. The summed E-state index contributed by atoms with van der Waals surface area (Å²) in [6, 6.07) is 21.0. The summed E-state index contributed by atoms with van der Waals surface area (Å²) in [5.41, 5.74) is 2.91. The molecule has 0 heterocycles. The van der Waals surface area contributed by atoms with Crippen LogP contribution in [0.15, 0.2) is 82.2 Å². The molecular formula is C24H23BrN2O4S. The van der Waals surface area contributed by atoms with Crippen LogP contribution in [0.25, 0.3) is 0 Å². The Morgan fingerprint density at radius 2 is 1.72 bits per heavy atom. The summed E-state index contributed by atoms with van der Waals surface area (Å²) in [6.45, 7) is -0.137. The number of ether oxygens (including phenoxy) is 1.